The molecule has 0 bridgehead atoms. The van der Waals surface area contributed by atoms with Crippen molar-refractivity contribution in [3.63, 3.8) is 0 Å². The van der Waals surface area contributed by atoms with Crippen LogP contribution in [0.5, 0.6) is 0 Å². The summed E-state index contributed by atoms with van der Waals surface area (Å²) in [6.07, 6.45) is 8.62. The third-order valence-electron chi connectivity index (χ3n) is 7.78. The lowest BCUT2D eigenvalue weighted by molar-refractivity contribution is 0.0635. The normalized spacial score (nSPS) is 10.3. The zero-order valence-electron chi connectivity index (χ0n) is 24.0. The van der Waals surface area contributed by atoms with Crippen molar-refractivity contribution in [3.05, 3.63) is 0 Å². The Labute approximate surface area is 247 Å². The van der Waals surface area contributed by atoms with Crippen LogP contribution in [0.25, 0.3) is 0 Å². The van der Waals surface area contributed by atoms with Gasteiger partial charge in [-0.25, -0.2) is 0 Å². The van der Waals surface area contributed by atoms with Gasteiger partial charge in [0.1, 0.15) is 0 Å². The Morgan fingerprint density at radius 1 is 0.378 bits per heavy atom. The van der Waals surface area contributed by atoms with Gasteiger partial charge in [0.15, 0.2) is 0 Å². The van der Waals surface area contributed by atoms with Gasteiger partial charge in [-0.2, -0.15) is 0 Å². The lowest BCUT2D eigenvalue weighted by atomic mass is 9.85. The molecule has 246 valence electrons. The van der Waals surface area contributed by atoms with Gasteiger partial charge in [0.25, 0.3) is 0 Å². The number of hydrogen-bond donors (Lipinski definition) is 1. The summed E-state index contributed by atoms with van der Waals surface area (Å²) in [5.74, 6) is 0. The highest BCUT2D eigenvalue weighted by molar-refractivity contribution is 4.71. The van der Waals surface area contributed by atoms with Gasteiger partial charge in [-0.05, 0) is 35.0 Å². The van der Waals surface area contributed by atoms with E-state index in [4.69, 9.17) is 5.11 Å². The van der Waals surface area contributed by atoms with Gasteiger partial charge >= 0.3 is 0 Å². The van der Waals surface area contributed by atoms with E-state index in [-0.39, 0.29) is 70.9 Å². The largest absolute Gasteiger partial charge is 0.393 e. The zero-order chi connectivity index (χ0) is 24.5. The maximum atomic E-state index is 9.08. The molecule has 0 radical (unpaired) electrons. The summed E-state index contributed by atoms with van der Waals surface area (Å²) < 4.78 is 0. The summed E-state index contributed by atoms with van der Waals surface area (Å²) in [5, 5.41) is 9.08. The van der Waals surface area contributed by atoms with E-state index in [2.05, 4.69) is 104 Å². The van der Waals surface area contributed by atoms with Crippen molar-refractivity contribution in [2.24, 2.45) is 21.7 Å². The minimum absolute atomic E-state index is 0. The number of aliphatic hydroxyl groups excluding tert-OH is 1. The second kappa shape index (κ2) is 38.1. The monoisotopic (exact) mass is 545 g/mol. The van der Waals surface area contributed by atoms with Gasteiger partial charge < -0.3 is 5.11 Å². The fraction of sp³-hybridized carbons (Fsp3) is 1.00. The van der Waals surface area contributed by atoms with E-state index in [0.717, 1.165) is 6.42 Å². The highest BCUT2D eigenvalue weighted by atomic mass is 16.3. The maximum Gasteiger partial charge on any atom is 0.0562 e. The number of aliphatic hydroxyl groups is 1. The van der Waals surface area contributed by atoms with Crippen molar-refractivity contribution < 1.29 is 5.11 Å². The molecule has 0 rings (SSSR count). The standard InChI is InChI=1S/C7H16O.3C7H16.8CH4/c1-5-7(3,4)6(2)8;3*1-5-7(3,4)6-2;;;;;;;;/h6,8H,5H2,1-4H3;3*5-6H2,1-4H3;8*1H4. The molecule has 0 saturated carbocycles. The van der Waals surface area contributed by atoms with Gasteiger partial charge in [-0.3, -0.25) is 0 Å². The van der Waals surface area contributed by atoms with Crippen LogP contribution >= 0.6 is 0 Å². The second-order valence-electron chi connectivity index (χ2n) is 11.6. The van der Waals surface area contributed by atoms with E-state index >= 15 is 0 Å². The third-order valence-corrected chi connectivity index (χ3v) is 7.78. The Morgan fingerprint density at radius 3 is 0.514 bits per heavy atom. The summed E-state index contributed by atoms with van der Waals surface area (Å²) in [4.78, 5) is 0. The molecule has 1 atom stereocenters. The molecule has 0 saturated heterocycles. The summed E-state index contributed by atoms with van der Waals surface area (Å²) in [6, 6.07) is 0. The first-order chi connectivity index (χ1) is 12.9. The first-order valence-electron chi connectivity index (χ1n) is 12.5. The van der Waals surface area contributed by atoms with E-state index in [0.29, 0.717) is 16.2 Å². The van der Waals surface area contributed by atoms with E-state index in [9.17, 15) is 0 Å². The lowest BCUT2D eigenvalue weighted by Crippen LogP contribution is -2.24. The van der Waals surface area contributed by atoms with Gasteiger partial charge in [0.05, 0.1) is 6.10 Å². The molecule has 1 heteroatoms. The van der Waals surface area contributed by atoms with Crippen LogP contribution < -0.4 is 0 Å². The second-order valence-corrected chi connectivity index (χ2v) is 11.6. The summed E-state index contributed by atoms with van der Waals surface area (Å²) >= 11 is 0. The molecule has 1 nitrogen and oxygen atoms in total. The van der Waals surface area contributed by atoms with E-state index in [1.54, 1.807) is 0 Å². The van der Waals surface area contributed by atoms with Crippen LogP contribution in [-0.2, 0) is 0 Å². The molecule has 1 N–H and O–H groups in total. The van der Waals surface area contributed by atoms with Crippen LogP contribution in [0.15, 0.2) is 0 Å². The quantitative estimate of drug-likeness (QED) is 0.322. The number of hydrogen-bond acceptors (Lipinski definition) is 1. The van der Waals surface area contributed by atoms with Gasteiger partial charge in [0.2, 0.25) is 0 Å². The van der Waals surface area contributed by atoms with E-state index in [1.165, 1.54) is 38.5 Å². The fourth-order valence-electron chi connectivity index (χ4n) is 1.05. The molecule has 0 aromatic heterocycles. The Morgan fingerprint density at radius 2 is 0.514 bits per heavy atom. The molecule has 37 heavy (non-hydrogen) atoms. The van der Waals surface area contributed by atoms with Crippen molar-refractivity contribution in [2.75, 3.05) is 0 Å². The molecular weight excluding hydrogens is 448 g/mol. The third kappa shape index (κ3) is 57.1. The topological polar surface area (TPSA) is 20.2 Å². The predicted octanol–water partition coefficient (Wildman–Crippen LogP) is 15.4. The maximum absolute atomic E-state index is 9.08. The van der Waals surface area contributed by atoms with Crippen LogP contribution in [0.4, 0.5) is 0 Å². The molecule has 0 spiro atoms. The number of rotatable bonds is 8. The van der Waals surface area contributed by atoms with Gasteiger partial charge in [-0.15, -0.1) is 0 Å². The van der Waals surface area contributed by atoms with Gasteiger partial charge in [-0.1, -0.05) is 202 Å². The molecule has 0 aliphatic rings. The van der Waals surface area contributed by atoms with Crippen molar-refractivity contribution >= 4 is 0 Å². The summed E-state index contributed by atoms with van der Waals surface area (Å²) in [6.45, 7) is 35.3. The van der Waals surface area contributed by atoms with Crippen molar-refractivity contribution in [1.29, 1.82) is 0 Å². The van der Waals surface area contributed by atoms with E-state index in [1.807, 2.05) is 6.92 Å². The molecule has 0 aromatic rings. The first-order valence-corrected chi connectivity index (χ1v) is 12.5. The first kappa shape index (κ1) is 76.7. The zero-order valence-corrected chi connectivity index (χ0v) is 24.0. The molecule has 0 aliphatic carbocycles. The van der Waals surface area contributed by atoms with Crippen LogP contribution in [0, 0.1) is 21.7 Å². The Hall–Kier alpha value is -0.0400. The SMILES string of the molecule is C.C.C.C.C.C.C.C.CCC(C)(C)C(C)O.CCC(C)(C)CC.CCC(C)(C)CC.CCC(C)(C)CC. The van der Waals surface area contributed by atoms with E-state index < -0.39 is 0 Å². The van der Waals surface area contributed by atoms with Crippen molar-refractivity contribution in [2.45, 2.75) is 221 Å². The highest BCUT2D eigenvalue weighted by Crippen LogP contribution is 2.24. The molecule has 0 aliphatic heterocycles. The molecule has 0 heterocycles. The lowest BCUT2D eigenvalue weighted by Gasteiger charge is -2.25. The average molecular weight is 545 g/mol. The van der Waals surface area contributed by atoms with Crippen LogP contribution in [0.3, 0.4) is 0 Å². The Bertz CT molecular complexity index is 279. The van der Waals surface area contributed by atoms with Crippen LogP contribution in [-0.4, -0.2) is 11.2 Å². The molecule has 0 fully saturated rings. The molecule has 1 unspecified atom stereocenters. The van der Waals surface area contributed by atoms with Crippen LogP contribution in [0.2, 0.25) is 0 Å². The minimum Gasteiger partial charge on any atom is -0.393 e. The van der Waals surface area contributed by atoms with Crippen molar-refractivity contribution in [3.8, 4) is 0 Å². The minimum atomic E-state index is -0.188. The average Bonchev–Trinajstić information content (AvgIpc) is 2.69. The molecule has 0 aromatic carbocycles. The summed E-state index contributed by atoms with van der Waals surface area (Å²) in [5.41, 5.74) is 1.85. The predicted molar refractivity (Wildman–Crippen MR) is 193 cm³/mol. The van der Waals surface area contributed by atoms with Crippen LogP contribution in [0.1, 0.15) is 215 Å². The molecule has 0 amide bonds. The summed E-state index contributed by atoms with van der Waals surface area (Å²) in [7, 11) is 0. The molecular formula is C36H96O. The van der Waals surface area contributed by atoms with Gasteiger partial charge in [0, 0.05) is 0 Å². The Balaban J connectivity index is -0.0000000210. The Kier molecular flexibility index (Phi) is 79.0. The smallest absolute Gasteiger partial charge is 0.0562 e. The van der Waals surface area contributed by atoms with Crippen molar-refractivity contribution in [1.82, 2.24) is 0 Å². The fourth-order valence-corrected chi connectivity index (χ4v) is 1.05. The highest BCUT2D eigenvalue weighted by Gasteiger charge is 2.20.